The summed E-state index contributed by atoms with van der Waals surface area (Å²) in [5.41, 5.74) is 2.60. The first kappa shape index (κ1) is 21.7. The van der Waals surface area contributed by atoms with Gasteiger partial charge in [0.1, 0.15) is 16.8 Å². The number of hydrogen-bond donors (Lipinski definition) is 1. The molecule has 1 unspecified atom stereocenters. The van der Waals surface area contributed by atoms with E-state index in [0.29, 0.717) is 5.82 Å². The molecule has 2 aromatic carbocycles. The third-order valence-electron chi connectivity index (χ3n) is 5.23. The molecule has 164 valence electrons. The zero-order valence-electron chi connectivity index (χ0n) is 17.7. The van der Waals surface area contributed by atoms with Crippen LogP contribution >= 0.6 is 0 Å². The summed E-state index contributed by atoms with van der Waals surface area (Å²) in [5, 5.41) is 2.96. The van der Waals surface area contributed by atoms with Gasteiger partial charge in [-0.05, 0) is 29.8 Å². The van der Waals surface area contributed by atoms with Crippen molar-refractivity contribution in [1.82, 2.24) is 24.2 Å². The lowest BCUT2D eigenvalue weighted by molar-refractivity contribution is -0.121. The number of sulfonamides is 1. The molecule has 0 saturated carbocycles. The van der Waals surface area contributed by atoms with Crippen LogP contribution in [0.5, 0.6) is 0 Å². The van der Waals surface area contributed by atoms with E-state index in [1.165, 1.54) is 31.6 Å². The van der Waals surface area contributed by atoms with Crippen molar-refractivity contribution < 1.29 is 13.2 Å². The summed E-state index contributed by atoms with van der Waals surface area (Å²) in [4.78, 5) is 21.6. The van der Waals surface area contributed by atoms with Crippen LogP contribution in [0.2, 0.25) is 0 Å². The third-order valence-corrected chi connectivity index (χ3v) is 7.01. The number of aromatic nitrogens is 3. The monoisotopic (exact) mass is 449 g/mol. The molecule has 4 rings (SSSR count). The number of carbonyl (C=O) groups excluding carboxylic acids is 1. The summed E-state index contributed by atoms with van der Waals surface area (Å²) in [6.45, 7) is -0.343. The van der Waals surface area contributed by atoms with Gasteiger partial charge < -0.3 is 9.88 Å². The summed E-state index contributed by atoms with van der Waals surface area (Å²) < 4.78 is 28.5. The Morgan fingerprint density at radius 3 is 2.47 bits per heavy atom. The van der Waals surface area contributed by atoms with Crippen molar-refractivity contribution in [3.63, 3.8) is 0 Å². The predicted octanol–water partition coefficient (Wildman–Crippen LogP) is 2.49. The van der Waals surface area contributed by atoms with Crippen molar-refractivity contribution in [3.05, 3.63) is 90.5 Å². The molecule has 0 aliphatic rings. The van der Waals surface area contributed by atoms with E-state index in [2.05, 4.69) is 10.3 Å². The summed E-state index contributed by atoms with van der Waals surface area (Å²) in [6.07, 6.45) is 2.75. The standard InChI is InChI=1S/C23H23N5O3S/c1-27(32(30,31)18-11-8-14-24-15-18)16-21(29)26-22(17-9-4-3-5-10-17)23-25-19-12-6-7-13-20(19)28(23)2/h3-15,22H,16H2,1-2H3,(H,26,29). The Balaban J connectivity index is 1.62. The summed E-state index contributed by atoms with van der Waals surface area (Å²) >= 11 is 0. The molecule has 0 fully saturated rings. The molecule has 0 aliphatic carbocycles. The molecule has 0 radical (unpaired) electrons. The zero-order valence-corrected chi connectivity index (χ0v) is 18.5. The number of pyridine rings is 1. The average molecular weight is 450 g/mol. The van der Waals surface area contributed by atoms with E-state index in [-0.39, 0.29) is 11.4 Å². The molecule has 0 spiro atoms. The van der Waals surface area contributed by atoms with Crippen LogP contribution in [0.15, 0.2) is 84.0 Å². The zero-order chi connectivity index (χ0) is 22.7. The highest BCUT2D eigenvalue weighted by Crippen LogP contribution is 2.25. The van der Waals surface area contributed by atoms with Gasteiger partial charge in [0, 0.05) is 26.5 Å². The number of nitrogens with one attached hydrogen (secondary N) is 1. The van der Waals surface area contributed by atoms with Crippen molar-refractivity contribution in [1.29, 1.82) is 0 Å². The lowest BCUT2D eigenvalue weighted by atomic mass is 10.1. The van der Waals surface area contributed by atoms with Gasteiger partial charge in [0.25, 0.3) is 0 Å². The van der Waals surface area contributed by atoms with Gasteiger partial charge in [0.05, 0.1) is 17.6 Å². The number of likely N-dealkylation sites (N-methyl/N-ethyl adjacent to an activating group) is 1. The van der Waals surface area contributed by atoms with Crippen molar-refractivity contribution in [2.45, 2.75) is 10.9 Å². The van der Waals surface area contributed by atoms with Crippen LogP contribution in [0.1, 0.15) is 17.4 Å². The predicted molar refractivity (Wildman–Crippen MR) is 121 cm³/mol. The van der Waals surface area contributed by atoms with Gasteiger partial charge in [-0.15, -0.1) is 0 Å². The van der Waals surface area contributed by atoms with E-state index in [1.54, 1.807) is 0 Å². The van der Waals surface area contributed by atoms with Crippen LogP contribution in [0.4, 0.5) is 0 Å². The van der Waals surface area contributed by atoms with Crippen LogP contribution < -0.4 is 5.32 Å². The minimum absolute atomic E-state index is 0.0326. The van der Waals surface area contributed by atoms with E-state index < -0.39 is 22.0 Å². The third kappa shape index (κ3) is 4.25. The first-order valence-electron chi connectivity index (χ1n) is 10.00. The molecule has 0 aliphatic heterocycles. The summed E-state index contributed by atoms with van der Waals surface area (Å²) in [5.74, 6) is 0.212. The Morgan fingerprint density at radius 2 is 1.78 bits per heavy atom. The molecule has 1 amide bonds. The van der Waals surface area contributed by atoms with Crippen molar-refractivity contribution in [3.8, 4) is 0 Å². The molecule has 1 atom stereocenters. The molecular formula is C23H23N5O3S. The summed E-state index contributed by atoms with van der Waals surface area (Å²) in [6, 6.07) is 19.6. The number of imidazole rings is 1. The van der Waals surface area contributed by atoms with Gasteiger partial charge in [0.15, 0.2) is 0 Å². The smallest absolute Gasteiger partial charge is 0.244 e. The fourth-order valence-electron chi connectivity index (χ4n) is 3.54. The lowest BCUT2D eigenvalue weighted by Crippen LogP contribution is -2.40. The maximum Gasteiger partial charge on any atom is 0.244 e. The largest absolute Gasteiger partial charge is 0.341 e. The maximum atomic E-state index is 12.9. The van der Waals surface area contributed by atoms with E-state index in [1.807, 2.05) is 66.2 Å². The number of benzene rings is 2. The van der Waals surface area contributed by atoms with Crippen molar-refractivity contribution in [2.75, 3.05) is 13.6 Å². The molecule has 1 N–H and O–H groups in total. The number of carbonyl (C=O) groups is 1. The van der Waals surface area contributed by atoms with Crippen LogP contribution in [0.25, 0.3) is 11.0 Å². The Morgan fingerprint density at radius 1 is 1.06 bits per heavy atom. The van der Waals surface area contributed by atoms with Gasteiger partial charge in [0.2, 0.25) is 15.9 Å². The van der Waals surface area contributed by atoms with Crippen molar-refractivity contribution >= 4 is 27.0 Å². The number of amides is 1. The number of para-hydroxylation sites is 2. The quantitative estimate of drug-likeness (QED) is 0.468. The van der Waals surface area contributed by atoms with Gasteiger partial charge >= 0.3 is 0 Å². The molecule has 32 heavy (non-hydrogen) atoms. The van der Waals surface area contributed by atoms with E-state index in [0.717, 1.165) is 20.9 Å². The van der Waals surface area contributed by atoms with E-state index in [4.69, 9.17) is 4.98 Å². The highest BCUT2D eigenvalue weighted by Gasteiger charge is 2.27. The number of rotatable bonds is 7. The molecule has 2 aromatic heterocycles. The average Bonchev–Trinajstić information content (AvgIpc) is 3.15. The second-order valence-corrected chi connectivity index (χ2v) is 9.42. The SMILES string of the molecule is CN(CC(=O)NC(c1ccccc1)c1nc2ccccc2n1C)S(=O)(=O)c1cccnc1. The van der Waals surface area contributed by atoms with E-state index >= 15 is 0 Å². The number of hydrogen-bond acceptors (Lipinski definition) is 5. The Kier molecular flexibility index (Phi) is 6.02. The first-order chi connectivity index (χ1) is 15.4. The molecule has 9 heteroatoms. The minimum atomic E-state index is -3.84. The number of nitrogens with zero attached hydrogens (tertiary/aromatic N) is 4. The lowest BCUT2D eigenvalue weighted by Gasteiger charge is -2.22. The summed E-state index contributed by atoms with van der Waals surface area (Å²) in [7, 11) is -0.574. The van der Waals surface area contributed by atoms with Crippen LogP contribution in [-0.4, -0.2) is 46.8 Å². The Labute approximate surface area is 186 Å². The Bertz CT molecular complexity index is 1340. The fraction of sp³-hybridized carbons (Fsp3) is 0.174. The van der Waals surface area contributed by atoms with Gasteiger partial charge in [-0.1, -0.05) is 42.5 Å². The van der Waals surface area contributed by atoms with Gasteiger partial charge in [-0.3, -0.25) is 9.78 Å². The van der Waals surface area contributed by atoms with Crippen LogP contribution in [0, 0.1) is 0 Å². The van der Waals surface area contributed by atoms with Crippen molar-refractivity contribution in [2.24, 2.45) is 7.05 Å². The van der Waals surface area contributed by atoms with Crippen LogP contribution in [-0.2, 0) is 21.9 Å². The van der Waals surface area contributed by atoms with Gasteiger partial charge in [-0.25, -0.2) is 13.4 Å². The Hall–Kier alpha value is -3.56. The molecule has 8 nitrogen and oxygen atoms in total. The highest BCUT2D eigenvalue weighted by atomic mass is 32.2. The minimum Gasteiger partial charge on any atom is -0.341 e. The second kappa shape index (κ2) is 8.89. The maximum absolute atomic E-state index is 12.9. The molecular weight excluding hydrogens is 426 g/mol. The molecule has 4 aromatic rings. The van der Waals surface area contributed by atoms with Crippen LogP contribution in [0.3, 0.4) is 0 Å². The number of fused-ring (bicyclic) bond motifs is 1. The molecule has 2 heterocycles. The fourth-order valence-corrected chi connectivity index (χ4v) is 4.63. The number of aryl methyl sites for hydroxylation is 1. The normalized spacial score (nSPS) is 12.7. The first-order valence-corrected chi connectivity index (χ1v) is 11.4. The second-order valence-electron chi connectivity index (χ2n) is 7.38. The topological polar surface area (TPSA) is 97.2 Å². The molecule has 0 saturated heterocycles. The highest BCUT2D eigenvalue weighted by molar-refractivity contribution is 7.89. The van der Waals surface area contributed by atoms with E-state index in [9.17, 15) is 13.2 Å². The van der Waals surface area contributed by atoms with Gasteiger partial charge in [-0.2, -0.15) is 4.31 Å². The molecule has 0 bridgehead atoms.